The zero-order valence-corrected chi connectivity index (χ0v) is 11.6. The summed E-state index contributed by atoms with van der Waals surface area (Å²) < 4.78 is 14.6. The van der Waals surface area contributed by atoms with Gasteiger partial charge in [0.1, 0.15) is 5.82 Å². The summed E-state index contributed by atoms with van der Waals surface area (Å²) in [7, 11) is 0. The minimum absolute atomic E-state index is 0.273. The fourth-order valence-electron chi connectivity index (χ4n) is 1.43. The van der Waals surface area contributed by atoms with Crippen molar-refractivity contribution >= 4 is 45.8 Å². The Bertz CT molecular complexity index is 520. The van der Waals surface area contributed by atoms with Crippen molar-refractivity contribution in [1.82, 2.24) is 0 Å². The van der Waals surface area contributed by atoms with E-state index in [2.05, 4.69) is 22.6 Å². The molecule has 0 heterocycles. The van der Waals surface area contributed by atoms with Crippen LogP contribution in [0.4, 0.5) is 4.39 Å². The topological polar surface area (TPSA) is 0 Å². The van der Waals surface area contributed by atoms with E-state index in [1.54, 1.807) is 24.3 Å². The third-order valence-electron chi connectivity index (χ3n) is 2.10. The number of benzene rings is 2. The largest absolute Gasteiger partial charge is 0.206 e. The second kappa shape index (κ2) is 4.90. The summed E-state index contributed by atoms with van der Waals surface area (Å²) in [5.74, 6) is -0.273. The maximum atomic E-state index is 13.7. The molecule has 0 aliphatic rings. The van der Waals surface area contributed by atoms with Gasteiger partial charge >= 0.3 is 0 Å². The number of rotatable bonds is 1. The lowest BCUT2D eigenvalue weighted by molar-refractivity contribution is 0.630. The molecule has 0 amide bonds. The van der Waals surface area contributed by atoms with E-state index in [0.717, 1.165) is 3.57 Å². The quantitative estimate of drug-likeness (QED) is 0.592. The van der Waals surface area contributed by atoms with Crippen LogP contribution in [-0.4, -0.2) is 0 Å². The van der Waals surface area contributed by atoms with Crippen LogP contribution >= 0.6 is 45.8 Å². The Kier molecular flexibility index (Phi) is 3.72. The molecule has 0 radical (unpaired) electrons. The van der Waals surface area contributed by atoms with Gasteiger partial charge in [0.2, 0.25) is 0 Å². The predicted molar refractivity (Wildman–Crippen MR) is 74.6 cm³/mol. The molecular weight excluding hydrogens is 361 g/mol. The maximum absolute atomic E-state index is 13.7. The molecule has 0 atom stereocenters. The molecule has 0 bridgehead atoms. The van der Waals surface area contributed by atoms with Crippen LogP contribution in [0.3, 0.4) is 0 Å². The van der Waals surface area contributed by atoms with Crippen molar-refractivity contribution in [2.45, 2.75) is 0 Å². The first-order valence-electron chi connectivity index (χ1n) is 4.48. The first kappa shape index (κ1) is 12.1. The molecular formula is C12H6Cl2FI. The molecule has 0 saturated heterocycles. The third-order valence-corrected chi connectivity index (χ3v) is 3.21. The number of hydrogen-bond acceptors (Lipinski definition) is 0. The fourth-order valence-corrected chi connectivity index (χ4v) is 2.41. The standard InChI is InChI=1S/C12H6Cl2FI/c13-8-3-7(4-9(14)5-8)11-2-1-10(16)6-12(11)15/h1-6H. The molecule has 4 heteroatoms. The molecule has 2 aromatic carbocycles. The SMILES string of the molecule is Fc1cc(I)ccc1-c1cc(Cl)cc(Cl)c1. The van der Waals surface area contributed by atoms with Crippen molar-refractivity contribution < 1.29 is 4.39 Å². The molecule has 0 saturated carbocycles. The van der Waals surface area contributed by atoms with Gasteiger partial charge in [-0.25, -0.2) is 4.39 Å². The highest BCUT2D eigenvalue weighted by atomic mass is 127. The molecule has 0 unspecified atom stereocenters. The van der Waals surface area contributed by atoms with Gasteiger partial charge in [-0.15, -0.1) is 0 Å². The van der Waals surface area contributed by atoms with Crippen LogP contribution in [0, 0.1) is 9.39 Å². The van der Waals surface area contributed by atoms with Crippen LogP contribution in [-0.2, 0) is 0 Å². The molecule has 0 fully saturated rings. The normalized spacial score (nSPS) is 10.5. The van der Waals surface area contributed by atoms with Gasteiger partial charge in [0.15, 0.2) is 0 Å². The van der Waals surface area contributed by atoms with Crippen molar-refractivity contribution in [2.75, 3.05) is 0 Å². The third kappa shape index (κ3) is 2.67. The van der Waals surface area contributed by atoms with Crippen molar-refractivity contribution in [3.05, 3.63) is 55.8 Å². The van der Waals surface area contributed by atoms with Crippen LogP contribution < -0.4 is 0 Å². The lowest BCUT2D eigenvalue weighted by Gasteiger charge is -2.05. The summed E-state index contributed by atoms with van der Waals surface area (Å²) in [6, 6.07) is 10.0. The lowest BCUT2D eigenvalue weighted by Crippen LogP contribution is -1.85. The maximum Gasteiger partial charge on any atom is 0.132 e. The molecule has 0 aliphatic heterocycles. The first-order chi connectivity index (χ1) is 7.56. The van der Waals surface area contributed by atoms with E-state index in [0.29, 0.717) is 21.2 Å². The molecule has 2 aromatic rings. The molecule has 16 heavy (non-hydrogen) atoms. The summed E-state index contributed by atoms with van der Waals surface area (Å²) in [6.45, 7) is 0. The Morgan fingerprint density at radius 2 is 1.56 bits per heavy atom. The highest BCUT2D eigenvalue weighted by molar-refractivity contribution is 14.1. The van der Waals surface area contributed by atoms with Gasteiger partial charge in [0.05, 0.1) is 0 Å². The Balaban J connectivity index is 2.58. The van der Waals surface area contributed by atoms with Crippen molar-refractivity contribution in [2.24, 2.45) is 0 Å². The van der Waals surface area contributed by atoms with E-state index < -0.39 is 0 Å². The average Bonchev–Trinajstić information content (AvgIpc) is 2.15. The van der Waals surface area contributed by atoms with E-state index in [1.165, 1.54) is 6.07 Å². The summed E-state index contributed by atoms with van der Waals surface area (Å²) in [4.78, 5) is 0. The number of hydrogen-bond donors (Lipinski definition) is 0. The molecule has 82 valence electrons. The minimum Gasteiger partial charge on any atom is -0.206 e. The predicted octanol–water partition coefficient (Wildman–Crippen LogP) is 5.40. The van der Waals surface area contributed by atoms with E-state index in [-0.39, 0.29) is 5.82 Å². The monoisotopic (exact) mass is 366 g/mol. The van der Waals surface area contributed by atoms with Crippen molar-refractivity contribution in [1.29, 1.82) is 0 Å². The number of halogens is 4. The highest BCUT2D eigenvalue weighted by Crippen LogP contribution is 2.29. The van der Waals surface area contributed by atoms with Gasteiger partial charge in [0.25, 0.3) is 0 Å². The van der Waals surface area contributed by atoms with Gasteiger partial charge in [0, 0.05) is 19.2 Å². The van der Waals surface area contributed by atoms with Crippen molar-refractivity contribution in [3.8, 4) is 11.1 Å². The molecule has 0 aromatic heterocycles. The smallest absolute Gasteiger partial charge is 0.132 e. The van der Waals surface area contributed by atoms with Gasteiger partial charge < -0.3 is 0 Å². The Morgan fingerprint density at radius 3 is 2.12 bits per heavy atom. The summed E-state index contributed by atoms with van der Waals surface area (Å²) >= 11 is 13.8. The summed E-state index contributed by atoms with van der Waals surface area (Å²) in [6.07, 6.45) is 0. The van der Waals surface area contributed by atoms with Crippen LogP contribution in [0.1, 0.15) is 0 Å². The molecule has 0 aliphatic carbocycles. The van der Waals surface area contributed by atoms with E-state index in [1.807, 2.05) is 6.07 Å². The second-order valence-electron chi connectivity index (χ2n) is 3.28. The Labute approximate surface area is 117 Å². The van der Waals surface area contributed by atoms with Crippen LogP contribution in [0.25, 0.3) is 11.1 Å². The molecule has 0 N–H and O–H groups in total. The molecule has 0 spiro atoms. The summed E-state index contributed by atoms with van der Waals surface area (Å²) in [5.41, 5.74) is 1.19. The highest BCUT2D eigenvalue weighted by Gasteiger charge is 2.07. The second-order valence-corrected chi connectivity index (χ2v) is 5.40. The van der Waals surface area contributed by atoms with E-state index in [4.69, 9.17) is 23.2 Å². The Hall–Kier alpha value is -0.320. The molecule has 0 nitrogen and oxygen atoms in total. The van der Waals surface area contributed by atoms with Gasteiger partial charge in [-0.05, 0) is 58.5 Å². The Morgan fingerprint density at radius 1 is 0.938 bits per heavy atom. The van der Waals surface area contributed by atoms with Crippen LogP contribution in [0.15, 0.2) is 36.4 Å². The van der Waals surface area contributed by atoms with E-state index in [9.17, 15) is 4.39 Å². The van der Waals surface area contributed by atoms with E-state index >= 15 is 0 Å². The average molecular weight is 367 g/mol. The van der Waals surface area contributed by atoms with Crippen LogP contribution in [0.2, 0.25) is 10.0 Å². The van der Waals surface area contributed by atoms with Gasteiger partial charge in [-0.3, -0.25) is 0 Å². The van der Waals surface area contributed by atoms with Gasteiger partial charge in [-0.2, -0.15) is 0 Å². The lowest BCUT2D eigenvalue weighted by atomic mass is 10.1. The summed E-state index contributed by atoms with van der Waals surface area (Å²) in [5, 5.41) is 1.00. The van der Waals surface area contributed by atoms with Gasteiger partial charge in [-0.1, -0.05) is 29.3 Å². The zero-order chi connectivity index (χ0) is 11.7. The van der Waals surface area contributed by atoms with Crippen molar-refractivity contribution in [3.63, 3.8) is 0 Å². The first-order valence-corrected chi connectivity index (χ1v) is 6.31. The minimum atomic E-state index is -0.273. The molecule has 2 rings (SSSR count). The zero-order valence-electron chi connectivity index (χ0n) is 7.98. The van der Waals surface area contributed by atoms with Crippen LogP contribution in [0.5, 0.6) is 0 Å². The fraction of sp³-hybridized carbons (Fsp3) is 0.